The second kappa shape index (κ2) is 18.4. The first-order chi connectivity index (χ1) is 20.5. The zero-order valence-electron chi connectivity index (χ0n) is 26.5. The Kier molecular flexibility index (Phi) is 17.3. The van der Waals surface area contributed by atoms with Gasteiger partial charge in [-0.2, -0.15) is 16.8 Å². The lowest BCUT2D eigenvalue weighted by Gasteiger charge is -2.29. The number of hydrogen-bond acceptors (Lipinski definition) is 18. The van der Waals surface area contributed by atoms with E-state index in [1.54, 1.807) is 0 Å². The molecule has 0 rings (SSSR count). The smallest absolute Gasteiger partial charge is 0.435 e. The van der Waals surface area contributed by atoms with Gasteiger partial charge in [0.15, 0.2) is 12.2 Å². The summed E-state index contributed by atoms with van der Waals surface area (Å²) < 4.78 is 87.0. The summed E-state index contributed by atoms with van der Waals surface area (Å²) in [7, 11) is -8.70. The van der Waals surface area contributed by atoms with Gasteiger partial charge in [0.2, 0.25) is 12.6 Å². The van der Waals surface area contributed by atoms with E-state index < -0.39 is 111 Å². The number of aliphatic hydroxyl groups excluding tert-OH is 2. The van der Waals surface area contributed by atoms with Crippen LogP contribution in [-0.2, 0) is 66.6 Å². The van der Waals surface area contributed by atoms with Crippen LogP contribution in [0.5, 0.6) is 0 Å². The van der Waals surface area contributed by atoms with Crippen molar-refractivity contribution < 1.29 is 83.0 Å². The van der Waals surface area contributed by atoms with Gasteiger partial charge in [0, 0.05) is 24.7 Å². The fourth-order valence-corrected chi connectivity index (χ4v) is 5.27. The zero-order chi connectivity index (χ0) is 35.2. The summed E-state index contributed by atoms with van der Waals surface area (Å²) in [6, 6.07) is 0. The van der Waals surface area contributed by atoms with Crippen molar-refractivity contribution in [3.05, 3.63) is 0 Å². The summed E-state index contributed by atoms with van der Waals surface area (Å²) in [5.74, 6) is -4.04. The van der Waals surface area contributed by atoms with E-state index in [0.717, 1.165) is 0 Å². The maximum atomic E-state index is 12.3. The van der Waals surface area contributed by atoms with E-state index in [-0.39, 0.29) is 13.2 Å². The first kappa shape index (κ1) is 42.2. The van der Waals surface area contributed by atoms with Crippen molar-refractivity contribution in [1.29, 1.82) is 0 Å². The molecule has 0 aliphatic rings. The summed E-state index contributed by atoms with van der Waals surface area (Å²) in [6.07, 6.45) is -9.34. The van der Waals surface area contributed by atoms with E-state index in [9.17, 15) is 46.2 Å². The second-order valence-corrected chi connectivity index (χ2v) is 14.3. The number of aliphatic hydroxyl groups is 2. The molecule has 0 aliphatic heterocycles. The number of rotatable bonds is 20. The summed E-state index contributed by atoms with van der Waals surface area (Å²) in [5, 5.41) is 20.6. The predicted octanol–water partition coefficient (Wildman–Crippen LogP) is 0.968. The first-order valence-electron chi connectivity index (χ1n) is 13.7. The van der Waals surface area contributed by atoms with Crippen LogP contribution in [0.25, 0.3) is 0 Å². The lowest BCUT2D eigenvalue weighted by Crippen LogP contribution is -2.43. The van der Waals surface area contributed by atoms with Crippen LogP contribution < -0.4 is 0 Å². The number of carbonyl (C=O) groups excluding carboxylic acids is 4. The Morgan fingerprint density at radius 1 is 0.622 bits per heavy atom. The molecule has 0 saturated heterocycles. The van der Waals surface area contributed by atoms with Crippen LogP contribution in [-0.4, -0.2) is 114 Å². The predicted molar refractivity (Wildman–Crippen MR) is 151 cm³/mol. The van der Waals surface area contributed by atoms with Crippen LogP contribution in [0.2, 0.25) is 0 Å². The molecule has 4 atom stereocenters. The van der Waals surface area contributed by atoms with Gasteiger partial charge in [-0.05, 0) is 20.3 Å². The molecule has 0 saturated carbocycles. The van der Waals surface area contributed by atoms with Gasteiger partial charge < -0.3 is 38.6 Å². The molecule has 0 aromatic heterocycles. The van der Waals surface area contributed by atoms with Gasteiger partial charge >= 0.3 is 24.2 Å². The fraction of sp³-hybridized carbons (Fsp3) is 0.840. The minimum atomic E-state index is -4.35. The maximum Gasteiger partial charge on any atom is 0.511 e. The van der Waals surface area contributed by atoms with Crippen molar-refractivity contribution in [2.45, 2.75) is 86.6 Å². The average molecular weight is 697 g/mol. The SMILES string of the molecule is CCOC(=O)OC(C)OC(=O)[C@H](O)C(C)(C)COS(=O)(=O)CCCS(=O)(=O)OCC(C)(C)[C@@H](O)C(=O)OC(C)OC(=O)OCC. The highest BCUT2D eigenvalue weighted by molar-refractivity contribution is 7.87. The molecule has 20 heteroatoms. The number of esters is 2. The second-order valence-electron chi connectivity index (χ2n) is 10.8. The quantitative estimate of drug-likeness (QED) is 0.0778. The van der Waals surface area contributed by atoms with E-state index in [1.807, 2.05) is 0 Å². The van der Waals surface area contributed by atoms with E-state index in [0.29, 0.717) is 0 Å². The third kappa shape index (κ3) is 16.9. The monoisotopic (exact) mass is 696 g/mol. The molecule has 0 radical (unpaired) electrons. The Morgan fingerprint density at radius 3 is 1.22 bits per heavy atom. The van der Waals surface area contributed by atoms with Crippen LogP contribution in [0.4, 0.5) is 9.59 Å². The van der Waals surface area contributed by atoms with Gasteiger partial charge in [0.05, 0.1) is 37.9 Å². The lowest BCUT2D eigenvalue weighted by molar-refractivity contribution is -0.185. The van der Waals surface area contributed by atoms with E-state index >= 15 is 0 Å². The van der Waals surface area contributed by atoms with Crippen LogP contribution in [0.3, 0.4) is 0 Å². The number of carbonyl (C=O) groups is 4. The number of hydrogen-bond donors (Lipinski definition) is 2. The third-order valence-corrected chi connectivity index (χ3v) is 8.08. The molecular weight excluding hydrogens is 652 g/mol. The Labute approximate surface area is 262 Å². The molecule has 0 aromatic rings. The normalized spacial score (nSPS) is 15.2. The molecule has 2 unspecified atom stereocenters. The molecule has 0 amide bonds. The standard InChI is InChI=1S/C25H44O18S2/c1-9-36-22(30)42-16(3)40-20(28)18(26)24(5,6)14-38-44(32,33)12-11-13-45(34,35)39-15-25(7,8)19(27)21(29)41-17(4)43-23(31)37-10-2/h16-19,26-27H,9-15H2,1-8H3/t16?,17?,18-,19-/m0/s1. The summed E-state index contributed by atoms with van der Waals surface area (Å²) >= 11 is 0. The molecule has 264 valence electrons. The van der Waals surface area contributed by atoms with Crippen molar-refractivity contribution in [2.75, 3.05) is 37.9 Å². The van der Waals surface area contributed by atoms with Crippen LogP contribution in [0.15, 0.2) is 0 Å². The molecule has 0 aliphatic carbocycles. The molecule has 0 spiro atoms. The fourth-order valence-electron chi connectivity index (χ4n) is 2.89. The molecule has 2 N–H and O–H groups in total. The molecule has 0 bridgehead atoms. The lowest BCUT2D eigenvalue weighted by atomic mass is 9.87. The maximum absolute atomic E-state index is 12.3. The average Bonchev–Trinajstić information content (AvgIpc) is 2.89. The van der Waals surface area contributed by atoms with Crippen molar-refractivity contribution in [3.8, 4) is 0 Å². The first-order valence-corrected chi connectivity index (χ1v) is 16.8. The van der Waals surface area contributed by atoms with Gasteiger partial charge in [0.25, 0.3) is 20.2 Å². The molecule has 45 heavy (non-hydrogen) atoms. The van der Waals surface area contributed by atoms with E-state index in [1.165, 1.54) is 55.4 Å². The van der Waals surface area contributed by atoms with Crippen molar-refractivity contribution in [1.82, 2.24) is 0 Å². The third-order valence-electron chi connectivity index (χ3n) is 5.55. The summed E-state index contributed by atoms with van der Waals surface area (Å²) in [6.45, 7) is 9.24. The Morgan fingerprint density at radius 2 is 0.933 bits per heavy atom. The van der Waals surface area contributed by atoms with Crippen LogP contribution in [0, 0.1) is 10.8 Å². The van der Waals surface area contributed by atoms with Crippen molar-refractivity contribution in [2.24, 2.45) is 10.8 Å². The minimum Gasteiger partial charge on any atom is -0.435 e. The van der Waals surface area contributed by atoms with Crippen LogP contribution in [0.1, 0.15) is 61.8 Å². The zero-order valence-corrected chi connectivity index (χ0v) is 28.1. The largest absolute Gasteiger partial charge is 0.511 e. The highest BCUT2D eigenvalue weighted by Crippen LogP contribution is 2.25. The molecule has 18 nitrogen and oxygen atoms in total. The van der Waals surface area contributed by atoms with Crippen molar-refractivity contribution in [3.63, 3.8) is 0 Å². The molecule has 0 heterocycles. The number of ether oxygens (including phenoxy) is 6. The Hall–Kier alpha value is -2.78. The van der Waals surface area contributed by atoms with E-state index in [4.69, 9.17) is 17.8 Å². The van der Waals surface area contributed by atoms with Gasteiger partial charge in [-0.25, -0.2) is 19.2 Å². The van der Waals surface area contributed by atoms with Crippen LogP contribution >= 0.6 is 0 Å². The Bertz CT molecular complexity index is 1100. The minimum absolute atomic E-state index is 0.0120. The molecule has 0 aromatic carbocycles. The van der Waals surface area contributed by atoms with E-state index in [2.05, 4.69) is 18.9 Å². The van der Waals surface area contributed by atoms with Gasteiger partial charge in [-0.15, -0.1) is 0 Å². The molecule has 0 fully saturated rings. The van der Waals surface area contributed by atoms with Gasteiger partial charge in [-0.1, -0.05) is 27.7 Å². The topological polar surface area (TPSA) is 251 Å². The molecular formula is C25H44O18S2. The van der Waals surface area contributed by atoms with Crippen molar-refractivity contribution >= 4 is 44.5 Å². The summed E-state index contributed by atoms with van der Waals surface area (Å²) in [5.41, 5.74) is -3.03. The highest BCUT2D eigenvalue weighted by atomic mass is 32.2. The van der Waals surface area contributed by atoms with Gasteiger partial charge in [0.1, 0.15) is 0 Å². The summed E-state index contributed by atoms with van der Waals surface area (Å²) in [4.78, 5) is 47.0. The highest BCUT2D eigenvalue weighted by Gasteiger charge is 2.39. The Balaban J connectivity index is 4.85. The van der Waals surface area contributed by atoms with Gasteiger partial charge in [-0.3, -0.25) is 8.37 Å².